The first kappa shape index (κ1) is 8.50. The lowest BCUT2D eigenvalue weighted by molar-refractivity contribution is -0.131. The van der Waals surface area contributed by atoms with Crippen LogP contribution in [0.5, 0.6) is 0 Å². The predicted molar refractivity (Wildman–Crippen MR) is 32.5 cm³/mol. The fourth-order valence-electron chi connectivity index (χ4n) is 0.279. The maximum Gasteiger partial charge on any atom is 0.349 e. The number of nitriles is 1. The van der Waals surface area contributed by atoms with E-state index >= 15 is 0 Å². The number of hydrogen-bond donors (Lipinski definition) is 0. The molecule has 0 saturated carbocycles. The second-order valence-electron chi connectivity index (χ2n) is 1.27. The van der Waals surface area contributed by atoms with E-state index in [1.807, 2.05) is 0 Å². The molecule has 0 aliphatic rings. The van der Waals surface area contributed by atoms with Gasteiger partial charge in [0, 0.05) is 0 Å². The standard InChI is InChI=1S/C6H7NO3/c1-2-9-4-3-6(8)10-5-7/h3-4H,2H2,1H3. The third-order valence-electron chi connectivity index (χ3n) is 0.613. The van der Waals surface area contributed by atoms with Crippen LogP contribution in [0.1, 0.15) is 6.92 Å². The number of nitrogens with zero attached hydrogens (tertiary/aromatic N) is 1. The Balaban J connectivity index is 3.48. The van der Waals surface area contributed by atoms with E-state index in [9.17, 15) is 4.79 Å². The summed E-state index contributed by atoms with van der Waals surface area (Å²) in [5.74, 6) is -0.726. The van der Waals surface area contributed by atoms with Gasteiger partial charge in [-0.2, -0.15) is 0 Å². The molecule has 4 heteroatoms. The zero-order valence-corrected chi connectivity index (χ0v) is 5.53. The van der Waals surface area contributed by atoms with Crippen molar-refractivity contribution < 1.29 is 14.3 Å². The highest BCUT2D eigenvalue weighted by atomic mass is 16.5. The first-order valence-corrected chi connectivity index (χ1v) is 2.69. The molecule has 0 aliphatic heterocycles. The van der Waals surface area contributed by atoms with Crippen LogP contribution >= 0.6 is 0 Å². The Labute approximate surface area is 58.7 Å². The molecule has 0 aromatic heterocycles. The molecule has 0 rings (SSSR count). The average Bonchev–Trinajstić information content (AvgIpc) is 1.89. The van der Waals surface area contributed by atoms with Crippen LogP contribution < -0.4 is 0 Å². The molecule has 10 heavy (non-hydrogen) atoms. The fraction of sp³-hybridized carbons (Fsp3) is 0.333. The van der Waals surface area contributed by atoms with E-state index in [1.54, 1.807) is 6.92 Å². The molecule has 0 atom stereocenters. The summed E-state index contributed by atoms with van der Waals surface area (Å²) >= 11 is 0. The van der Waals surface area contributed by atoms with E-state index in [0.29, 0.717) is 6.61 Å². The van der Waals surface area contributed by atoms with Crippen LogP contribution in [0.4, 0.5) is 0 Å². The molecule has 4 nitrogen and oxygen atoms in total. The maximum atomic E-state index is 10.3. The Morgan fingerprint density at radius 1 is 1.80 bits per heavy atom. The molecular weight excluding hydrogens is 134 g/mol. The van der Waals surface area contributed by atoms with Crippen LogP contribution in [0.15, 0.2) is 12.3 Å². The molecule has 0 saturated heterocycles. The first-order chi connectivity index (χ1) is 4.81. The van der Waals surface area contributed by atoms with E-state index in [0.717, 1.165) is 6.08 Å². The molecule has 54 valence electrons. The minimum atomic E-state index is -0.726. The van der Waals surface area contributed by atoms with Crippen LogP contribution in [0.3, 0.4) is 0 Å². The summed E-state index contributed by atoms with van der Waals surface area (Å²) < 4.78 is 8.55. The summed E-state index contributed by atoms with van der Waals surface area (Å²) in [6.07, 6.45) is 3.45. The minimum Gasteiger partial charge on any atom is -0.501 e. The van der Waals surface area contributed by atoms with E-state index in [4.69, 9.17) is 5.26 Å². The Hall–Kier alpha value is -1.50. The molecule has 0 fully saturated rings. The van der Waals surface area contributed by atoms with E-state index < -0.39 is 5.97 Å². The van der Waals surface area contributed by atoms with Gasteiger partial charge in [-0.05, 0) is 6.92 Å². The first-order valence-electron chi connectivity index (χ1n) is 2.69. The van der Waals surface area contributed by atoms with E-state index in [1.165, 1.54) is 12.5 Å². The summed E-state index contributed by atoms with van der Waals surface area (Å²) in [6, 6.07) is 0. The normalized spacial score (nSPS) is 8.80. The van der Waals surface area contributed by atoms with Gasteiger partial charge >= 0.3 is 5.97 Å². The van der Waals surface area contributed by atoms with Gasteiger partial charge in [0.05, 0.1) is 18.9 Å². The second-order valence-corrected chi connectivity index (χ2v) is 1.27. The predicted octanol–water partition coefficient (Wildman–Crippen LogP) is 0.561. The van der Waals surface area contributed by atoms with Crippen molar-refractivity contribution in [3.8, 4) is 6.26 Å². The summed E-state index contributed by atoms with van der Waals surface area (Å²) in [6.45, 7) is 2.26. The van der Waals surface area contributed by atoms with Crippen molar-refractivity contribution in [2.75, 3.05) is 6.61 Å². The number of rotatable bonds is 3. The largest absolute Gasteiger partial charge is 0.501 e. The molecule has 0 aromatic carbocycles. The molecule has 0 aromatic rings. The van der Waals surface area contributed by atoms with Gasteiger partial charge in [0.15, 0.2) is 0 Å². The van der Waals surface area contributed by atoms with Crippen molar-refractivity contribution in [3.05, 3.63) is 12.3 Å². The zero-order valence-electron chi connectivity index (χ0n) is 5.53. The van der Waals surface area contributed by atoms with Crippen molar-refractivity contribution in [1.29, 1.82) is 5.26 Å². The molecule has 0 amide bonds. The second kappa shape index (κ2) is 5.63. The van der Waals surface area contributed by atoms with Crippen LogP contribution in [-0.4, -0.2) is 12.6 Å². The van der Waals surface area contributed by atoms with Crippen LogP contribution in [-0.2, 0) is 14.3 Å². The van der Waals surface area contributed by atoms with Gasteiger partial charge in [0.2, 0.25) is 0 Å². The quantitative estimate of drug-likeness (QED) is 0.249. The third-order valence-corrected chi connectivity index (χ3v) is 0.613. The van der Waals surface area contributed by atoms with Gasteiger partial charge in [-0.3, -0.25) is 0 Å². The maximum absolute atomic E-state index is 10.3. The van der Waals surface area contributed by atoms with Crippen molar-refractivity contribution in [3.63, 3.8) is 0 Å². The highest BCUT2D eigenvalue weighted by molar-refractivity contribution is 5.82. The summed E-state index contributed by atoms with van der Waals surface area (Å²) in [7, 11) is 0. The SMILES string of the molecule is CCOC=CC(=O)OC#N. The Kier molecular flexibility index (Phi) is 4.79. The highest BCUT2D eigenvalue weighted by Crippen LogP contribution is 1.80. The van der Waals surface area contributed by atoms with Crippen molar-refractivity contribution in [2.45, 2.75) is 6.92 Å². The molecule has 0 aliphatic carbocycles. The van der Waals surface area contributed by atoms with Crippen molar-refractivity contribution in [2.24, 2.45) is 0 Å². The van der Waals surface area contributed by atoms with Crippen LogP contribution in [0.2, 0.25) is 0 Å². The molecule has 0 N–H and O–H groups in total. The molecule has 0 bridgehead atoms. The number of carbonyl (C=O) groups is 1. The topological polar surface area (TPSA) is 59.3 Å². The van der Waals surface area contributed by atoms with Gasteiger partial charge in [-0.1, -0.05) is 0 Å². The molecule has 0 radical (unpaired) electrons. The summed E-state index contributed by atoms with van der Waals surface area (Å²) in [4.78, 5) is 10.3. The highest BCUT2D eigenvalue weighted by Gasteiger charge is 1.92. The summed E-state index contributed by atoms with van der Waals surface area (Å²) in [5.41, 5.74) is 0. The average molecular weight is 141 g/mol. The monoisotopic (exact) mass is 141 g/mol. The third kappa shape index (κ3) is 4.65. The summed E-state index contributed by atoms with van der Waals surface area (Å²) in [5, 5.41) is 7.83. The smallest absolute Gasteiger partial charge is 0.349 e. The fourth-order valence-corrected chi connectivity index (χ4v) is 0.279. The molecular formula is C6H7NO3. The van der Waals surface area contributed by atoms with Crippen LogP contribution in [0.25, 0.3) is 0 Å². The molecule has 0 heterocycles. The Morgan fingerprint density at radius 3 is 3.00 bits per heavy atom. The Bertz CT molecular complexity index is 168. The molecule has 0 unspecified atom stereocenters. The number of carbonyl (C=O) groups excluding carboxylic acids is 1. The lowest BCUT2D eigenvalue weighted by atomic mass is 10.6. The van der Waals surface area contributed by atoms with Gasteiger partial charge < -0.3 is 9.47 Å². The van der Waals surface area contributed by atoms with Gasteiger partial charge in [0.1, 0.15) is 0 Å². The number of esters is 1. The minimum absolute atomic E-state index is 0.482. The number of hydrogen-bond acceptors (Lipinski definition) is 4. The lowest BCUT2D eigenvalue weighted by Gasteiger charge is -1.89. The van der Waals surface area contributed by atoms with Crippen LogP contribution in [0, 0.1) is 11.5 Å². The van der Waals surface area contributed by atoms with Gasteiger partial charge in [0.25, 0.3) is 6.26 Å². The zero-order chi connectivity index (χ0) is 7.82. The lowest BCUT2D eigenvalue weighted by Crippen LogP contribution is -1.93. The van der Waals surface area contributed by atoms with E-state index in [-0.39, 0.29) is 0 Å². The Morgan fingerprint density at radius 2 is 2.50 bits per heavy atom. The van der Waals surface area contributed by atoms with E-state index in [2.05, 4.69) is 9.47 Å². The van der Waals surface area contributed by atoms with Crippen molar-refractivity contribution in [1.82, 2.24) is 0 Å². The van der Waals surface area contributed by atoms with Gasteiger partial charge in [-0.25, -0.2) is 4.79 Å². The van der Waals surface area contributed by atoms with Gasteiger partial charge in [-0.15, -0.1) is 5.26 Å². The number of ether oxygens (including phenoxy) is 2. The van der Waals surface area contributed by atoms with Crippen molar-refractivity contribution >= 4 is 5.97 Å². The molecule has 0 spiro atoms.